The van der Waals surface area contributed by atoms with Crippen molar-refractivity contribution in [3.05, 3.63) is 61.7 Å². The van der Waals surface area contributed by atoms with Crippen molar-refractivity contribution >= 4 is 56.5 Å². The number of nitrogens with zero attached hydrogens (tertiary/aromatic N) is 2. The van der Waals surface area contributed by atoms with E-state index in [4.69, 9.17) is 32.9 Å². The highest BCUT2D eigenvalue weighted by molar-refractivity contribution is 7.99. The molecule has 0 atom stereocenters. The number of hydrogen-bond donors (Lipinski definition) is 0. The summed E-state index contributed by atoms with van der Waals surface area (Å²) in [4.78, 5) is 20.4. The van der Waals surface area contributed by atoms with Gasteiger partial charge in [0.15, 0.2) is 5.16 Å². The van der Waals surface area contributed by atoms with Crippen LogP contribution >= 0.6 is 46.3 Å². The zero-order valence-corrected chi connectivity index (χ0v) is 19.6. The van der Waals surface area contributed by atoms with Gasteiger partial charge < -0.3 is 4.74 Å². The van der Waals surface area contributed by atoms with Crippen LogP contribution in [0, 0.1) is 0 Å². The predicted molar refractivity (Wildman–Crippen MR) is 128 cm³/mol. The monoisotopic (exact) mass is 480 g/mol. The molecule has 0 amide bonds. The van der Waals surface area contributed by atoms with E-state index in [0.29, 0.717) is 39.9 Å². The van der Waals surface area contributed by atoms with Crippen LogP contribution in [0.3, 0.4) is 0 Å². The van der Waals surface area contributed by atoms with Crippen LogP contribution in [-0.2, 0) is 19.4 Å². The lowest BCUT2D eigenvalue weighted by Gasteiger charge is -2.11. The highest BCUT2D eigenvalue weighted by Gasteiger charge is 2.21. The fraction of sp³-hybridized carbons (Fsp3) is 0.364. The number of thiophene rings is 1. The summed E-state index contributed by atoms with van der Waals surface area (Å²) in [6, 6.07) is 5.16. The number of rotatable bonds is 7. The molecule has 0 radical (unpaired) electrons. The Bertz CT molecular complexity index is 1140. The van der Waals surface area contributed by atoms with Crippen molar-refractivity contribution in [3.8, 4) is 5.75 Å². The Morgan fingerprint density at radius 2 is 2.10 bits per heavy atom. The summed E-state index contributed by atoms with van der Waals surface area (Å²) < 4.78 is 7.50. The van der Waals surface area contributed by atoms with Crippen LogP contribution in [0.2, 0.25) is 10.0 Å². The Balaban J connectivity index is 1.56. The molecule has 2 heterocycles. The number of hydrogen-bond acceptors (Lipinski definition) is 5. The number of aromatic nitrogens is 2. The quantitative estimate of drug-likeness (QED) is 0.129. The van der Waals surface area contributed by atoms with E-state index >= 15 is 0 Å². The third-order valence-electron chi connectivity index (χ3n) is 5.07. The van der Waals surface area contributed by atoms with Gasteiger partial charge in [0.05, 0.1) is 17.0 Å². The lowest BCUT2D eigenvalue weighted by atomic mass is 10.1. The minimum absolute atomic E-state index is 0.0449. The molecule has 30 heavy (non-hydrogen) atoms. The van der Waals surface area contributed by atoms with Crippen molar-refractivity contribution < 1.29 is 4.74 Å². The summed E-state index contributed by atoms with van der Waals surface area (Å²) in [6.45, 7) is 4.70. The largest absolute Gasteiger partial charge is 0.491 e. The highest BCUT2D eigenvalue weighted by Crippen LogP contribution is 2.34. The van der Waals surface area contributed by atoms with E-state index in [1.54, 1.807) is 40.2 Å². The molecule has 0 bridgehead atoms. The minimum Gasteiger partial charge on any atom is -0.491 e. The maximum Gasteiger partial charge on any atom is 0.263 e. The average molecular weight is 481 g/mol. The number of ether oxygens (including phenoxy) is 1. The molecule has 0 saturated heterocycles. The first-order valence-electron chi connectivity index (χ1n) is 9.95. The van der Waals surface area contributed by atoms with Gasteiger partial charge in [-0.3, -0.25) is 9.36 Å². The summed E-state index contributed by atoms with van der Waals surface area (Å²) >= 11 is 15.3. The second-order valence-corrected chi connectivity index (χ2v) is 10.1. The van der Waals surface area contributed by atoms with Gasteiger partial charge in [0, 0.05) is 22.2 Å². The Hall–Kier alpha value is -1.47. The highest BCUT2D eigenvalue weighted by atomic mass is 35.5. The molecule has 1 aromatic carbocycles. The van der Waals surface area contributed by atoms with Crippen molar-refractivity contribution in [1.82, 2.24) is 9.55 Å². The lowest BCUT2D eigenvalue weighted by molar-refractivity contribution is 0.344. The second kappa shape index (κ2) is 9.77. The topological polar surface area (TPSA) is 44.1 Å². The van der Waals surface area contributed by atoms with Crippen molar-refractivity contribution in [2.24, 2.45) is 0 Å². The van der Waals surface area contributed by atoms with E-state index in [2.05, 4.69) is 6.58 Å². The van der Waals surface area contributed by atoms with Crippen molar-refractivity contribution in [1.29, 1.82) is 0 Å². The molecular formula is C22H22Cl2N2O2S2. The summed E-state index contributed by atoms with van der Waals surface area (Å²) in [5, 5.41) is 2.57. The number of benzene rings is 1. The maximum absolute atomic E-state index is 13.3. The van der Waals surface area contributed by atoms with Crippen molar-refractivity contribution in [2.45, 2.75) is 43.8 Å². The SMILES string of the molecule is C=CCn1c(SCCOc2ccc(Cl)cc2Cl)nc2sc3c(c2c1=O)CCCCC3. The van der Waals surface area contributed by atoms with Gasteiger partial charge in [-0.15, -0.1) is 17.9 Å². The molecule has 0 spiro atoms. The fourth-order valence-electron chi connectivity index (χ4n) is 3.67. The molecular weight excluding hydrogens is 459 g/mol. The molecule has 0 saturated carbocycles. The van der Waals surface area contributed by atoms with Gasteiger partial charge in [0.25, 0.3) is 5.56 Å². The Kier molecular flexibility index (Phi) is 7.08. The van der Waals surface area contributed by atoms with Gasteiger partial charge in [0.2, 0.25) is 0 Å². The standard InChI is InChI=1S/C22H22Cl2N2O2S2/c1-2-10-26-21(27)19-15-6-4-3-5-7-18(15)30-20(19)25-22(26)29-12-11-28-17-9-8-14(23)13-16(17)24/h2,8-9,13H,1,3-7,10-12H2. The van der Waals surface area contributed by atoms with E-state index in [1.807, 2.05) is 0 Å². The molecule has 0 fully saturated rings. The zero-order valence-electron chi connectivity index (χ0n) is 16.5. The molecule has 2 aromatic heterocycles. The summed E-state index contributed by atoms with van der Waals surface area (Å²) in [6.07, 6.45) is 7.32. The molecule has 4 nitrogen and oxygen atoms in total. The van der Waals surface area contributed by atoms with Crippen molar-refractivity contribution in [3.63, 3.8) is 0 Å². The normalized spacial score (nSPS) is 13.8. The Morgan fingerprint density at radius 3 is 2.90 bits per heavy atom. The summed E-state index contributed by atoms with van der Waals surface area (Å²) in [7, 11) is 0. The van der Waals surface area contributed by atoms with Crippen LogP contribution in [0.4, 0.5) is 0 Å². The van der Waals surface area contributed by atoms with E-state index in [0.717, 1.165) is 29.5 Å². The lowest BCUT2D eigenvalue weighted by Crippen LogP contribution is -2.23. The smallest absolute Gasteiger partial charge is 0.263 e. The van der Waals surface area contributed by atoms with Gasteiger partial charge in [-0.2, -0.15) is 0 Å². The summed E-state index contributed by atoms with van der Waals surface area (Å²) in [5.74, 6) is 1.23. The molecule has 158 valence electrons. The van der Waals surface area contributed by atoms with Crippen LogP contribution < -0.4 is 10.3 Å². The van der Waals surface area contributed by atoms with Gasteiger partial charge in [-0.05, 0) is 49.4 Å². The van der Waals surface area contributed by atoms with Crippen LogP contribution in [0.1, 0.15) is 29.7 Å². The van der Waals surface area contributed by atoms with Gasteiger partial charge in [-0.1, -0.05) is 47.5 Å². The second-order valence-electron chi connectivity index (χ2n) is 7.12. The molecule has 8 heteroatoms. The van der Waals surface area contributed by atoms with E-state index in [1.165, 1.54) is 35.0 Å². The van der Waals surface area contributed by atoms with E-state index in [-0.39, 0.29) is 5.56 Å². The predicted octanol–water partition coefficient (Wildman–Crippen LogP) is 6.39. The van der Waals surface area contributed by atoms with Gasteiger partial charge in [0.1, 0.15) is 10.6 Å². The first-order chi connectivity index (χ1) is 14.6. The number of thioether (sulfide) groups is 1. The van der Waals surface area contributed by atoms with Crippen LogP contribution in [0.5, 0.6) is 5.75 Å². The molecule has 0 unspecified atom stereocenters. The zero-order chi connectivity index (χ0) is 21.1. The van der Waals surface area contributed by atoms with Gasteiger partial charge in [-0.25, -0.2) is 4.98 Å². The molecule has 1 aliphatic carbocycles. The van der Waals surface area contributed by atoms with Crippen LogP contribution in [0.25, 0.3) is 10.2 Å². The summed E-state index contributed by atoms with van der Waals surface area (Å²) in [5.41, 5.74) is 1.27. The molecule has 0 aliphatic heterocycles. The minimum atomic E-state index is 0.0449. The fourth-order valence-corrected chi connectivity index (χ4v) is 6.26. The molecule has 3 aromatic rings. The molecule has 4 rings (SSSR count). The third kappa shape index (κ3) is 4.57. The number of aryl methyl sites for hydroxylation is 2. The maximum atomic E-state index is 13.3. The van der Waals surface area contributed by atoms with Crippen LogP contribution in [0.15, 0.2) is 40.8 Å². The van der Waals surface area contributed by atoms with Gasteiger partial charge >= 0.3 is 0 Å². The number of fused-ring (bicyclic) bond motifs is 3. The van der Waals surface area contributed by atoms with E-state index < -0.39 is 0 Å². The van der Waals surface area contributed by atoms with E-state index in [9.17, 15) is 4.79 Å². The van der Waals surface area contributed by atoms with Crippen LogP contribution in [-0.4, -0.2) is 21.9 Å². The number of allylic oxidation sites excluding steroid dienone is 1. The number of halogens is 2. The Labute approximate surface area is 193 Å². The van der Waals surface area contributed by atoms with Crippen molar-refractivity contribution in [2.75, 3.05) is 12.4 Å². The molecule has 1 aliphatic rings. The molecule has 0 N–H and O–H groups in total. The average Bonchev–Trinajstić information content (AvgIpc) is 2.90. The third-order valence-corrected chi connectivity index (χ3v) is 7.72. The Morgan fingerprint density at radius 1 is 1.27 bits per heavy atom. The first-order valence-corrected chi connectivity index (χ1v) is 12.5. The first kappa shape index (κ1) is 21.8.